The van der Waals surface area contributed by atoms with Gasteiger partial charge >= 0.3 is 0 Å². The molecular weight excluding hydrogens is 282 g/mol. The van der Waals surface area contributed by atoms with Crippen LogP contribution >= 0.6 is 15.9 Å². The van der Waals surface area contributed by atoms with Gasteiger partial charge in [-0.2, -0.15) is 0 Å². The lowest BCUT2D eigenvalue weighted by atomic mass is 10.1. The van der Waals surface area contributed by atoms with Crippen LogP contribution in [-0.4, -0.2) is 25.7 Å². The van der Waals surface area contributed by atoms with E-state index in [-0.39, 0.29) is 5.91 Å². The summed E-state index contributed by atoms with van der Waals surface area (Å²) in [4.78, 5) is 11.9. The smallest absolute Gasteiger partial charge is 0.251 e. The zero-order valence-corrected chi connectivity index (χ0v) is 11.4. The van der Waals surface area contributed by atoms with Gasteiger partial charge in [-0.05, 0) is 37.1 Å². The zero-order valence-electron chi connectivity index (χ0n) is 9.83. The third-order valence-corrected chi connectivity index (χ3v) is 3.34. The maximum atomic E-state index is 11.9. The highest BCUT2D eigenvalue weighted by Gasteiger charge is 2.16. The van der Waals surface area contributed by atoms with Gasteiger partial charge in [-0.1, -0.05) is 15.9 Å². The lowest BCUT2D eigenvalue weighted by molar-refractivity contribution is 0.0945. The van der Waals surface area contributed by atoms with E-state index in [4.69, 9.17) is 4.74 Å². The third kappa shape index (κ3) is 3.54. The molecule has 1 aliphatic rings. The van der Waals surface area contributed by atoms with Gasteiger partial charge in [0.05, 0.1) is 6.61 Å². The second-order valence-electron chi connectivity index (χ2n) is 4.46. The first-order valence-corrected chi connectivity index (χ1v) is 6.57. The molecule has 1 aromatic rings. The molecule has 1 saturated heterocycles. The van der Waals surface area contributed by atoms with Crippen LogP contribution in [-0.2, 0) is 4.74 Å². The Kier molecular flexibility index (Phi) is 4.18. The molecule has 1 heterocycles. The number of halogens is 1. The molecule has 0 spiro atoms. The van der Waals surface area contributed by atoms with Crippen molar-refractivity contribution in [3.8, 4) is 0 Å². The molecule has 3 nitrogen and oxygen atoms in total. The Labute approximate surface area is 110 Å². The second-order valence-corrected chi connectivity index (χ2v) is 5.37. The fraction of sp³-hybridized carbons (Fsp3) is 0.462. The van der Waals surface area contributed by atoms with Gasteiger partial charge in [-0.15, -0.1) is 0 Å². The molecule has 0 saturated carbocycles. The maximum Gasteiger partial charge on any atom is 0.251 e. The van der Waals surface area contributed by atoms with Crippen molar-refractivity contribution >= 4 is 21.8 Å². The van der Waals surface area contributed by atoms with Crippen LogP contribution < -0.4 is 5.32 Å². The number of carbonyl (C=O) groups excluding carboxylic acids is 1. The van der Waals surface area contributed by atoms with E-state index in [0.717, 1.165) is 29.7 Å². The summed E-state index contributed by atoms with van der Waals surface area (Å²) < 4.78 is 6.21. The highest BCUT2D eigenvalue weighted by Crippen LogP contribution is 2.16. The fourth-order valence-electron chi connectivity index (χ4n) is 1.95. The van der Waals surface area contributed by atoms with Crippen LogP contribution in [0.1, 0.15) is 22.3 Å². The minimum absolute atomic E-state index is 0.0127. The van der Waals surface area contributed by atoms with Gasteiger partial charge in [0.2, 0.25) is 0 Å². The molecule has 0 aliphatic carbocycles. The summed E-state index contributed by atoms with van der Waals surface area (Å²) in [6.45, 7) is 4.26. The molecule has 0 radical (unpaired) electrons. The molecule has 0 aromatic heterocycles. The first-order valence-electron chi connectivity index (χ1n) is 5.78. The molecule has 1 amide bonds. The summed E-state index contributed by atoms with van der Waals surface area (Å²) >= 11 is 3.40. The van der Waals surface area contributed by atoms with Crippen molar-refractivity contribution < 1.29 is 9.53 Å². The first-order chi connectivity index (χ1) is 8.15. The number of aryl methyl sites for hydroxylation is 1. The average molecular weight is 298 g/mol. The average Bonchev–Trinajstić information content (AvgIpc) is 2.77. The molecule has 4 heteroatoms. The van der Waals surface area contributed by atoms with Gasteiger partial charge in [0.25, 0.3) is 5.91 Å². The summed E-state index contributed by atoms with van der Waals surface area (Å²) in [6.07, 6.45) is 1.04. The Morgan fingerprint density at radius 3 is 3.00 bits per heavy atom. The van der Waals surface area contributed by atoms with Crippen LogP contribution in [0.25, 0.3) is 0 Å². The molecule has 1 unspecified atom stereocenters. The number of hydrogen-bond acceptors (Lipinski definition) is 2. The summed E-state index contributed by atoms with van der Waals surface area (Å²) in [5.41, 5.74) is 1.78. The lowest BCUT2D eigenvalue weighted by Gasteiger charge is -2.10. The number of hydrogen-bond donors (Lipinski definition) is 1. The number of rotatable bonds is 3. The first kappa shape index (κ1) is 12.6. The van der Waals surface area contributed by atoms with E-state index in [9.17, 15) is 4.79 Å². The van der Waals surface area contributed by atoms with Crippen molar-refractivity contribution in [3.05, 3.63) is 33.8 Å². The van der Waals surface area contributed by atoms with Crippen LogP contribution in [0.4, 0.5) is 0 Å². The molecule has 1 fully saturated rings. The van der Waals surface area contributed by atoms with Crippen molar-refractivity contribution in [2.75, 3.05) is 19.8 Å². The quantitative estimate of drug-likeness (QED) is 0.931. The Morgan fingerprint density at radius 2 is 2.35 bits per heavy atom. The summed E-state index contributed by atoms with van der Waals surface area (Å²) in [7, 11) is 0. The zero-order chi connectivity index (χ0) is 12.3. The van der Waals surface area contributed by atoms with E-state index in [2.05, 4.69) is 21.2 Å². The van der Waals surface area contributed by atoms with Crippen molar-refractivity contribution in [2.24, 2.45) is 5.92 Å². The monoisotopic (exact) mass is 297 g/mol. The molecule has 1 N–H and O–H groups in total. The molecule has 1 atom stereocenters. The maximum absolute atomic E-state index is 11.9. The van der Waals surface area contributed by atoms with E-state index in [1.165, 1.54) is 0 Å². The van der Waals surface area contributed by atoms with Crippen LogP contribution in [0, 0.1) is 12.8 Å². The Morgan fingerprint density at radius 1 is 1.53 bits per heavy atom. The number of amides is 1. The van der Waals surface area contributed by atoms with E-state index < -0.39 is 0 Å². The molecule has 1 aliphatic heterocycles. The Bertz CT molecular complexity index is 394. The van der Waals surface area contributed by atoms with Gasteiger partial charge in [-0.3, -0.25) is 4.79 Å². The topological polar surface area (TPSA) is 38.3 Å². The van der Waals surface area contributed by atoms with Gasteiger partial charge < -0.3 is 10.1 Å². The molecule has 92 valence electrons. The largest absolute Gasteiger partial charge is 0.381 e. The number of ether oxygens (including phenoxy) is 1. The molecule has 1 aromatic carbocycles. The number of benzene rings is 1. The fourth-order valence-corrected chi connectivity index (χ4v) is 2.56. The summed E-state index contributed by atoms with van der Waals surface area (Å²) in [5, 5.41) is 2.96. The van der Waals surface area contributed by atoms with E-state index in [1.807, 2.05) is 25.1 Å². The predicted octanol–water partition coefficient (Wildman–Crippen LogP) is 2.52. The molecule has 17 heavy (non-hydrogen) atoms. The predicted molar refractivity (Wildman–Crippen MR) is 70.1 cm³/mol. The van der Waals surface area contributed by atoms with Crippen molar-refractivity contribution in [1.82, 2.24) is 5.32 Å². The third-order valence-electron chi connectivity index (χ3n) is 2.88. The Balaban J connectivity index is 1.94. The highest BCUT2D eigenvalue weighted by atomic mass is 79.9. The van der Waals surface area contributed by atoms with Gasteiger partial charge in [0.1, 0.15) is 0 Å². The highest BCUT2D eigenvalue weighted by molar-refractivity contribution is 9.10. The minimum Gasteiger partial charge on any atom is -0.381 e. The molecule has 0 bridgehead atoms. The standard InChI is InChI=1S/C13H16BrNO2/c1-9-4-11(6-12(14)5-9)13(16)15-7-10-2-3-17-8-10/h4-6,10H,2-3,7-8H2,1H3,(H,15,16). The number of nitrogens with one attached hydrogen (secondary N) is 1. The van der Waals surface area contributed by atoms with Crippen molar-refractivity contribution in [1.29, 1.82) is 0 Å². The minimum atomic E-state index is -0.0127. The van der Waals surface area contributed by atoms with Gasteiger partial charge in [0.15, 0.2) is 0 Å². The van der Waals surface area contributed by atoms with Crippen LogP contribution in [0.15, 0.2) is 22.7 Å². The summed E-state index contributed by atoms with van der Waals surface area (Å²) in [5.74, 6) is 0.452. The lowest BCUT2D eigenvalue weighted by Crippen LogP contribution is -2.29. The van der Waals surface area contributed by atoms with Crippen LogP contribution in [0.3, 0.4) is 0 Å². The number of carbonyl (C=O) groups is 1. The SMILES string of the molecule is Cc1cc(Br)cc(C(=O)NCC2CCOC2)c1. The van der Waals surface area contributed by atoms with Crippen molar-refractivity contribution in [2.45, 2.75) is 13.3 Å². The second kappa shape index (κ2) is 5.65. The molecule has 2 rings (SSSR count). The van der Waals surface area contributed by atoms with E-state index in [1.54, 1.807) is 0 Å². The normalized spacial score (nSPS) is 19.3. The van der Waals surface area contributed by atoms with Gasteiger partial charge in [0, 0.05) is 29.1 Å². The van der Waals surface area contributed by atoms with Crippen molar-refractivity contribution in [3.63, 3.8) is 0 Å². The summed E-state index contributed by atoms with van der Waals surface area (Å²) in [6, 6.07) is 5.72. The van der Waals surface area contributed by atoms with Crippen LogP contribution in [0.5, 0.6) is 0 Å². The van der Waals surface area contributed by atoms with Crippen LogP contribution in [0.2, 0.25) is 0 Å². The van der Waals surface area contributed by atoms with E-state index >= 15 is 0 Å². The van der Waals surface area contributed by atoms with E-state index in [0.29, 0.717) is 18.0 Å². The molecular formula is C13H16BrNO2. The van der Waals surface area contributed by atoms with Gasteiger partial charge in [-0.25, -0.2) is 0 Å². The Hall–Kier alpha value is -0.870.